The zero-order valence-electron chi connectivity index (χ0n) is 73.5. The van der Waals surface area contributed by atoms with Crippen molar-refractivity contribution in [2.75, 3.05) is 46.2 Å². The summed E-state index contributed by atoms with van der Waals surface area (Å²) in [5, 5.41) is 245. The summed E-state index contributed by atoms with van der Waals surface area (Å²) in [6.07, 6.45) is -31.2. The van der Waals surface area contributed by atoms with Crippen molar-refractivity contribution in [3.05, 3.63) is 24.3 Å². The van der Waals surface area contributed by atoms with E-state index in [2.05, 4.69) is 41.9 Å². The number of ether oxygens (including phenoxy) is 12. The van der Waals surface area contributed by atoms with Gasteiger partial charge in [0.05, 0.1) is 88.8 Å². The van der Waals surface area contributed by atoms with Crippen LogP contribution in [-0.4, -0.2) is 390 Å². The van der Waals surface area contributed by atoms with Crippen molar-refractivity contribution in [3.8, 4) is 0 Å². The Bertz CT molecular complexity index is 3250. The van der Waals surface area contributed by atoms with Crippen LogP contribution < -0.4 is 16.0 Å². The van der Waals surface area contributed by atoms with Gasteiger partial charge in [-0.3, -0.25) is 14.4 Å². The molecule has 6 aliphatic rings. The first-order valence-electron chi connectivity index (χ1n) is 45.1. The molecule has 6 fully saturated rings. The van der Waals surface area contributed by atoms with Crippen molar-refractivity contribution < 1.29 is 193 Å². The lowest BCUT2D eigenvalue weighted by molar-refractivity contribution is -0.408. The van der Waals surface area contributed by atoms with Gasteiger partial charge in [0, 0.05) is 45.4 Å². The summed E-state index contributed by atoms with van der Waals surface area (Å²) in [6.45, 7) is -0.661. The third-order valence-corrected chi connectivity index (χ3v) is 24.0. The van der Waals surface area contributed by atoms with E-state index in [1.165, 1.54) is 83.1 Å². The van der Waals surface area contributed by atoms with Crippen molar-refractivity contribution in [1.29, 1.82) is 0 Å². The number of carbonyl (C=O) groups excluding carboxylic acids is 4. The van der Waals surface area contributed by atoms with Gasteiger partial charge in [0.1, 0.15) is 128 Å². The molecule has 6 rings (SSSR count). The highest BCUT2D eigenvalue weighted by Gasteiger charge is 2.64. The number of carbonyl (C=O) groups is 6. The molecule has 736 valence electrons. The molecule has 0 saturated carbocycles. The van der Waals surface area contributed by atoms with E-state index in [0.717, 1.165) is 91.4 Å². The van der Waals surface area contributed by atoms with Crippen molar-refractivity contribution in [1.82, 2.24) is 16.0 Å². The Labute approximate surface area is 740 Å². The number of nitrogens with one attached hydrogen (secondary N) is 3. The highest BCUT2D eigenvalue weighted by molar-refractivity contribution is 5.78. The zero-order valence-corrected chi connectivity index (χ0v) is 73.5. The summed E-state index contributed by atoms with van der Waals surface area (Å²) in [5.41, 5.74) is 0. The Balaban J connectivity index is 1.30. The second kappa shape index (κ2) is 56.4. The van der Waals surface area contributed by atoms with Crippen LogP contribution in [0.1, 0.15) is 221 Å². The smallest absolute Gasteiger partial charge is 0.364 e. The lowest BCUT2D eigenvalue weighted by Gasteiger charge is -2.53. The number of allylic oxidation sites excluding steroid dienone is 3. The average molecular weight is 1840 g/mol. The summed E-state index contributed by atoms with van der Waals surface area (Å²) in [5.74, 6) is -16.1. The predicted molar refractivity (Wildman–Crippen MR) is 441 cm³/mol. The topological polar surface area (TPSA) is 674 Å². The number of amides is 3. The van der Waals surface area contributed by atoms with E-state index in [4.69, 9.17) is 56.8 Å². The van der Waals surface area contributed by atoms with Crippen LogP contribution in [0.25, 0.3) is 0 Å². The number of ketones is 1. The molecule has 0 bridgehead atoms. The second-order valence-corrected chi connectivity index (χ2v) is 34.2. The minimum Gasteiger partial charge on any atom is -0.477 e. The van der Waals surface area contributed by atoms with E-state index in [-0.39, 0.29) is 6.42 Å². The Hall–Kier alpha value is -4.74. The highest BCUT2D eigenvalue weighted by Crippen LogP contribution is 2.44. The fourth-order valence-electron chi connectivity index (χ4n) is 16.9. The Morgan fingerprint density at radius 3 is 1.26 bits per heavy atom. The molecule has 0 aromatic rings. The summed E-state index contributed by atoms with van der Waals surface area (Å²) < 4.78 is 72.7. The van der Waals surface area contributed by atoms with Gasteiger partial charge in [-0.05, 0) is 51.9 Å². The van der Waals surface area contributed by atoms with Gasteiger partial charge in [-0.15, -0.1) is 0 Å². The van der Waals surface area contributed by atoms with Gasteiger partial charge in [-0.2, -0.15) is 0 Å². The second-order valence-electron chi connectivity index (χ2n) is 34.2. The number of carboxylic acids is 2. The molecule has 2 unspecified atom stereocenters. The Kier molecular flexibility index (Phi) is 49.3. The maximum Gasteiger partial charge on any atom is 0.364 e. The minimum absolute atomic E-state index is 0.0840. The van der Waals surface area contributed by atoms with Gasteiger partial charge in [0.15, 0.2) is 25.2 Å². The Morgan fingerprint density at radius 1 is 0.433 bits per heavy atom. The van der Waals surface area contributed by atoms with E-state index in [9.17, 15) is 136 Å². The van der Waals surface area contributed by atoms with Crippen LogP contribution >= 0.6 is 0 Å². The standard InChI is InChI=1S/C85H147N3O39/c1-6-8-10-12-14-16-18-20-21-23-25-27-29-31-33-35-60(103)88-50(51(98)34-32-30-28-26-24-22-19-17-15-13-11-9-7-2)45-116-79-68(109)67(108)72(58(43-93)119-79)122-81-70(111)77(127-85(83(114)115)38-53(100)62(87-48(5)97)75(125-85)64(105)55(102)40-90)73(59(44-94)120-81)123-78-49(36-46(3)95)71(65(106)56(41-91)117-78)121-80-69(110)76(66(107)57(42-92)118-80)126-84(82(112)113)37-52(99)61(86-47(4)96)74(124-84)63(104)54(101)39-89/h20-21,32,34,49-59,61-81,89-94,98-102,104-111H,6-19,22-31,33,35-45H2,1-5H3,(H,86,96)(H,87,97)(H,88,103)(H,112,113)(H,114,115)/b21-20-,34-32+/t49-,50+,51-,52+,53+,54-,55-,56-,57-,58-,59-,61-,62-,63-,64-,65+,66+,67-,68-,69-,70-,71-,72-,73+,74?,75?,76+,77-,78+,79-,80+,81+,84+,85+/m1/s1. The summed E-state index contributed by atoms with van der Waals surface area (Å²) in [4.78, 5) is 79.7. The molecular formula is C85H147N3O39. The number of aliphatic hydroxyl groups excluding tert-OH is 19. The molecule has 0 aromatic carbocycles. The third-order valence-electron chi connectivity index (χ3n) is 24.0. The molecule has 0 aromatic heterocycles. The number of aliphatic hydroxyl groups is 19. The lowest BCUT2D eigenvalue weighted by Crippen LogP contribution is -2.71. The zero-order chi connectivity index (χ0) is 93.8. The molecule has 34 atom stereocenters. The minimum atomic E-state index is -3.49. The number of carboxylic acid groups (broad SMARTS) is 2. The van der Waals surface area contributed by atoms with Gasteiger partial charge in [0.2, 0.25) is 17.7 Å². The fourth-order valence-corrected chi connectivity index (χ4v) is 16.9. The molecule has 0 radical (unpaired) electrons. The van der Waals surface area contributed by atoms with Crippen LogP contribution in [0.4, 0.5) is 0 Å². The SMILES string of the molecule is CCCCCCCC/C=C\CCCCCCCC(=O)N[C@@H](CO[C@@H]1O[C@H](CO)[C@@H](O[C@@H]2O[C@H](CO)[C@H](O[C@@H]3O[C@H](CO)[C@H](O)[C@H](O[C@@H]4O[C@H](CO)[C@H](O)[C@H](O[C@]5(C(=O)O)C[C@H](O)[C@@H](NC(C)=O)C([C@H](O)[C@H](O)CO)O5)[C@H]4O)[C@H]3CC(C)=O)[C@H](O[C@]3(C(=O)O)C[C@H](O)[C@@H](NC(C)=O)C([C@H](O)[C@H](O)CO)O3)[C@H]2O)[C@H](O)[C@H]1O)[C@H](O)/C=C/CCCCCCCCCCCCC. The van der Waals surface area contributed by atoms with Crippen LogP contribution in [0.15, 0.2) is 24.3 Å². The first kappa shape index (κ1) is 111. The van der Waals surface area contributed by atoms with Crippen LogP contribution in [0.3, 0.4) is 0 Å². The highest BCUT2D eigenvalue weighted by atomic mass is 16.8. The molecule has 127 heavy (non-hydrogen) atoms. The number of rotatable bonds is 59. The van der Waals surface area contributed by atoms with Crippen LogP contribution in [-0.2, 0) is 85.6 Å². The molecule has 42 heteroatoms. The summed E-state index contributed by atoms with van der Waals surface area (Å²) in [6, 6.07) is -4.78. The number of aliphatic carboxylic acids is 2. The molecule has 0 aliphatic carbocycles. The van der Waals surface area contributed by atoms with Gasteiger partial charge in [-0.25, -0.2) is 9.59 Å². The van der Waals surface area contributed by atoms with Gasteiger partial charge in [0.25, 0.3) is 11.6 Å². The number of unbranched alkanes of at least 4 members (excludes halogenated alkanes) is 22. The first-order valence-corrected chi connectivity index (χ1v) is 45.1. The number of hydrogen-bond donors (Lipinski definition) is 24. The molecular weight excluding hydrogens is 1690 g/mol. The van der Waals surface area contributed by atoms with Gasteiger partial charge >= 0.3 is 11.9 Å². The summed E-state index contributed by atoms with van der Waals surface area (Å²) >= 11 is 0. The maximum atomic E-state index is 14.1. The first-order chi connectivity index (χ1) is 60.6. The van der Waals surface area contributed by atoms with Crippen LogP contribution in [0.5, 0.6) is 0 Å². The summed E-state index contributed by atoms with van der Waals surface area (Å²) in [7, 11) is 0. The van der Waals surface area contributed by atoms with Crippen LogP contribution in [0, 0.1) is 5.92 Å². The van der Waals surface area contributed by atoms with Crippen LogP contribution in [0.2, 0.25) is 0 Å². The van der Waals surface area contributed by atoms with Gasteiger partial charge in [-0.1, -0.05) is 154 Å². The predicted octanol–water partition coefficient (Wildman–Crippen LogP) is -3.00. The molecule has 6 heterocycles. The van der Waals surface area contributed by atoms with Crippen molar-refractivity contribution in [3.63, 3.8) is 0 Å². The number of hydrogen-bond acceptors (Lipinski definition) is 37. The average Bonchev–Trinajstić information content (AvgIpc) is 0.752. The molecule has 6 saturated heterocycles. The molecule has 6 aliphatic heterocycles. The van der Waals surface area contributed by atoms with E-state index in [1.807, 2.05) is 0 Å². The normalized spacial score (nSPS) is 35.2. The fraction of sp³-hybridized carbons (Fsp3) is 0.882. The van der Waals surface area contributed by atoms with Crippen molar-refractivity contribution in [2.24, 2.45) is 5.92 Å². The monoisotopic (exact) mass is 1830 g/mol. The van der Waals surface area contributed by atoms with Crippen molar-refractivity contribution >= 4 is 35.4 Å². The van der Waals surface area contributed by atoms with E-state index in [0.29, 0.717) is 12.8 Å². The lowest BCUT2D eigenvalue weighted by atomic mass is 9.86. The van der Waals surface area contributed by atoms with Gasteiger partial charge < -0.3 is 185 Å². The molecule has 24 N–H and O–H groups in total. The molecule has 42 nitrogen and oxygen atoms in total. The van der Waals surface area contributed by atoms with E-state index in [1.54, 1.807) is 6.08 Å². The number of Topliss-reactive ketones (excluding diaryl/α,β-unsaturated/α-hetero) is 1. The third kappa shape index (κ3) is 32.5. The maximum absolute atomic E-state index is 14.1. The Morgan fingerprint density at radius 2 is 0.819 bits per heavy atom. The quantitative estimate of drug-likeness (QED) is 0.0213. The van der Waals surface area contributed by atoms with Crippen molar-refractivity contribution in [2.45, 2.75) is 422 Å². The molecule has 0 spiro atoms. The van der Waals surface area contributed by atoms with E-state index < -0.39 is 308 Å². The van der Waals surface area contributed by atoms with E-state index >= 15 is 0 Å². The largest absolute Gasteiger partial charge is 0.477 e. The molecule has 3 amide bonds.